The van der Waals surface area contributed by atoms with Crippen LogP contribution >= 0.6 is 0 Å². The van der Waals surface area contributed by atoms with Gasteiger partial charge in [0, 0.05) is 6.54 Å². The molecule has 1 amide bonds. The van der Waals surface area contributed by atoms with E-state index in [1.165, 1.54) is 18.2 Å². The molecule has 4 heteroatoms. The van der Waals surface area contributed by atoms with E-state index in [1.807, 2.05) is 0 Å². The van der Waals surface area contributed by atoms with Crippen molar-refractivity contribution in [1.29, 1.82) is 0 Å². The standard InChI is InChI=1S/C17H17F2NO/c18-15-9-7-13(8-10-15)4-3-11-20-17(21)12-14-5-1-2-6-16(14)19/h1-2,5-10H,3-4,11-12H2,(H,20,21). The monoisotopic (exact) mass is 289 g/mol. The highest BCUT2D eigenvalue weighted by Gasteiger charge is 2.06. The molecular weight excluding hydrogens is 272 g/mol. The Labute approximate surface area is 122 Å². The molecule has 0 fully saturated rings. The molecule has 0 bridgehead atoms. The minimum atomic E-state index is -0.362. The van der Waals surface area contributed by atoms with Gasteiger partial charge in [-0.2, -0.15) is 0 Å². The molecule has 0 atom stereocenters. The average molecular weight is 289 g/mol. The average Bonchev–Trinajstić information content (AvgIpc) is 2.48. The number of carbonyl (C=O) groups excluding carboxylic acids is 1. The van der Waals surface area contributed by atoms with E-state index in [0.29, 0.717) is 12.1 Å². The van der Waals surface area contributed by atoms with Gasteiger partial charge in [0.1, 0.15) is 11.6 Å². The first-order valence-corrected chi connectivity index (χ1v) is 6.90. The second-order valence-electron chi connectivity index (χ2n) is 4.85. The molecule has 0 aromatic heterocycles. The van der Waals surface area contributed by atoms with E-state index >= 15 is 0 Å². The van der Waals surface area contributed by atoms with Crippen molar-refractivity contribution in [2.75, 3.05) is 6.54 Å². The number of nitrogens with one attached hydrogen (secondary N) is 1. The van der Waals surface area contributed by atoms with E-state index in [0.717, 1.165) is 18.4 Å². The fraction of sp³-hybridized carbons (Fsp3) is 0.235. The van der Waals surface area contributed by atoms with Crippen LogP contribution < -0.4 is 5.32 Å². The zero-order chi connectivity index (χ0) is 15.1. The predicted molar refractivity (Wildman–Crippen MR) is 77.8 cm³/mol. The Kier molecular flexibility index (Phi) is 5.43. The van der Waals surface area contributed by atoms with Gasteiger partial charge >= 0.3 is 0 Å². The van der Waals surface area contributed by atoms with Crippen LogP contribution in [0.15, 0.2) is 48.5 Å². The van der Waals surface area contributed by atoms with Gasteiger partial charge in [0.25, 0.3) is 0 Å². The molecule has 0 saturated heterocycles. The first kappa shape index (κ1) is 15.2. The topological polar surface area (TPSA) is 29.1 Å². The van der Waals surface area contributed by atoms with Crippen LogP contribution in [0.25, 0.3) is 0 Å². The third kappa shape index (κ3) is 4.99. The third-order valence-electron chi connectivity index (χ3n) is 3.19. The molecule has 0 heterocycles. The van der Waals surface area contributed by atoms with Crippen LogP contribution in [0.4, 0.5) is 8.78 Å². The van der Waals surface area contributed by atoms with Crippen molar-refractivity contribution < 1.29 is 13.6 Å². The number of hydrogen-bond donors (Lipinski definition) is 1. The van der Waals surface area contributed by atoms with Crippen molar-refractivity contribution in [3.05, 3.63) is 71.3 Å². The van der Waals surface area contributed by atoms with Gasteiger partial charge in [0.05, 0.1) is 6.42 Å². The van der Waals surface area contributed by atoms with Crippen molar-refractivity contribution in [2.24, 2.45) is 0 Å². The zero-order valence-electron chi connectivity index (χ0n) is 11.6. The second-order valence-corrected chi connectivity index (χ2v) is 4.85. The van der Waals surface area contributed by atoms with Crippen molar-refractivity contribution in [2.45, 2.75) is 19.3 Å². The number of amides is 1. The molecule has 0 radical (unpaired) electrons. The number of hydrogen-bond acceptors (Lipinski definition) is 1. The summed E-state index contributed by atoms with van der Waals surface area (Å²) in [5.74, 6) is -0.810. The summed E-state index contributed by atoms with van der Waals surface area (Å²) in [6, 6.07) is 12.6. The summed E-state index contributed by atoms with van der Waals surface area (Å²) in [7, 11) is 0. The molecule has 0 unspecified atom stereocenters. The van der Waals surface area contributed by atoms with E-state index < -0.39 is 0 Å². The lowest BCUT2D eigenvalue weighted by Gasteiger charge is -2.06. The summed E-state index contributed by atoms with van der Waals surface area (Å²) < 4.78 is 26.1. The minimum absolute atomic E-state index is 0.0449. The van der Waals surface area contributed by atoms with E-state index in [2.05, 4.69) is 5.32 Å². The molecule has 0 aliphatic rings. The molecular formula is C17H17F2NO. The third-order valence-corrected chi connectivity index (χ3v) is 3.19. The number of carbonyl (C=O) groups is 1. The number of benzene rings is 2. The van der Waals surface area contributed by atoms with Crippen LogP contribution in [0.3, 0.4) is 0 Å². The highest BCUT2D eigenvalue weighted by molar-refractivity contribution is 5.78. The van der Waals surface area contributed by atoms with Crippen LogP contribution in [0, 0.1) is 11.6 Å². The Bertz CT molecular complexity index is 596. The van der Waals surface area contributed by atoms with Crippen molar-refractivity contribution >= 4 is 5.91 Å². The maximum atomic E-state index is 13.4. The molecule has 2 nitrogen and oxygen atoms in total. The Balaban J connectivity index is 1.70. The van der Waals surface area contributed by atoms with Crippen LogP contribution in [-0.4, -0.2) is 12.5 Å². The van der Waals surface area contributed by atoms with Gasteiger partial charge in [-0.15, -0.1) is 0 Å². The minimum Gasteiger partial charge on any atom is -0.356 e. The highest BCUT2D eigenvalue weighted by atomic mass is 19.1. The number of rotatable bonds is 6. The summed E-state index contributed by atoms with van der Waals surface area (Å²) in [4.78, 5) is 11.7. The summed E-state index contributed by atoms with van der Waals surface area (Å²) in [6.07, 6.45) is 1.57. The molecule has 21 heavy (non-hydrogen) atoms. The Morgan fingerprint density at radius 1 is 1.00 bits per heavy atom. The van der Waals surface area contributed by atoms with Gasteiger partial charge < -0.3 is 5.32 Å². The van der Waals surface area contributed by atoms with Gasteiger partial charge in [-0.3, -0.25) is 4.79 Å². The number of halogens is 2. The fourth-order valence-corrected chi connectivity index (χ4v) is 2.05. The van der Waals surface area contributed by atoms with E-state index in [1.54, 1.807) is 30.3 Å². The van der Waals surface area contributed by atoms with Crippen LogP contribution in [0.1, 0.15) is 17.5 Å². The maximum absolute atomic E-state index is 13.4. The van der Waals surface area contributed by atoms with E-state index in [-0.39, 0.29) is 24.0 Å². The summed E-state index contributed by atoms with van der Waals surface area (Å²) in [6.45, 7) is 0.519. The zero-order valence-corrected chi connectivity index (χ0v) is 11.6. The SMILES string of the molecule is O=C(Cc1ccccc1F)NCCCc1ccc(F)cc1. The Hall–Kier alpha value is -2.23. The lowest BCUT2D eigenvalue weighted by atomic mass is 10.1. The molecule has 0 saturated carbocycles. The molecule has 2 rings (SSSR count). The predicted octanol–water partition coefficient (Wildman–Crippen LogP) is 3.26. The van der Waals surface area contributed by atoms with E-state index in [4.69, 9.17) is 0 Å². The molecule has 110 valence electrons. The molecule has 2 aromatic carbocycles. The Morgan fingerprint density at radius 2 is 1.71 bits per heavy atom. The highest BCUT2D eigenvalue weighted by Crippen LogP contribution is 2.07. The molecule has 1 N–H and O–H groups in total. The lowest BCUT2D eigenvalue weighted by molar-refractivity contribution is -0.120. The molecule has 0 aliphatic carbocycles. The normalized spacial score (nSPS) is 10.4. The fourth-order valence-electron chi connectivity index (χ4n) is 2.05. The molecule has 2 aromatic rings. The van der Waals surface area contributed by atoms with Gasteiger partial charge in [-0.05, 0) is 42.2 Å². The largest absolute Gasteiger partial charge is 0.356 e. The van der Waals surface area contributed by atoms with Crippen molar-refractivity contribution in [3.8, 4) is 0 Å². The lowest BCUT2D eigenvalue weighted by Crippen LogP contribution is -2.26. The van der Waals surface area contributed by atoms with Crippen LogP contribution in [0.5, 0.6) is 0 Å². The van der Waals surface area contributed by atoms with Crippen LogP contribution in [-0.2, 0) is 17.6 Å². The molecule has 0 spiro atoms. The first-order valence-electron chi connectivity index (χ1n) is 6.90. The van der Waals surface area contributed by atoms with Gasteiger partial charge in [0.15, 0.2) is 0 Å². The summed E-state index contributed by atoms with van der Waals surface area (Å²) >= 11 is 0. The van der Waals surface area contributed by atoms with Gasteiger partial charge in [0.2, 0.25) is 5.91 Å². The van der Waals surface area contributed by atoms with Crippen LogP contribution in [0.2, 0.25) is 0 Å². The Morgan fingerprint density at radius 3 is 2.43 bits per heavy atom. The van der Waals surface area contributed by atoms with E-state index in [9.17, 15) is 13.6 Å². The van der Waals surface area contributed by atoms with Gasteiger partial charge in [-0.25, -0.2) is 8.78 Å². The molecule has 0 aliphatic heterocycles. The summed E-state index contributed by atoms with van der Waals surface area (Å²) in [5.41, 5.74) is 1.42. The second kappa shape index (κ2) is 7.53. The smallest absolute Gasteiger partial charge is 0.224 e. The van der Waals surface area contributed by atoms with Crippen molar-refractivity contribution in [3.63, 3.8) is 0 Å². The van der Waals surface area contributed by atoms with Gasteiger partial charge in [-0.1, -0.05) is 30.3 Å². The maximum Gasteiger partial charge on any atom is 0.224 e. The summed E-state index contributed by atoms with van der Waals surface area (Å²) in [5, 5.41) is 2.76. The number of aryl methyl sites for hydroxylation is 1. The quantitative estimate of drug-likeness (QED) is 0.813. The van der Waals surface area contributed by atoms with Crippen molar-refractivity contribution in [1.82, 2.24) is 5.32 Å². The first-order chi connectivity index (χ1) is 10.1.